The predicted molar refractivity (Wildman–Crippen MR) is 216 cm³/mol. The fourth-order valence-electron chi connectivity index (χ4n) is 6.41. The molecule has 2 rings (SSSR count). The number of carbonyl (C=O) groups excluding carboxylic acids is 2. The van der Waals surface area contributed by atoms with Gasteiger partial charge >= 0.3 is 5.97 Å². The van der Waals surface area contributed by atoms with Gasteiger partial charge in [0, 0.05) is 25.2 Å². The predicted octanol–water partition coefficient (Wildman–Crippen LogP) is 4.94. The van der Waals surface area contributed by atoms with E-state index in [0.717, 1.165) is 5.56 Å². The van der Waals surface area contributed by atoms with Gasteiger partial charge in [-0.2, -0.15) is 0 Å². The smallest absolute Gasteiger partial charge is 0.341 e. The summed E-state index contributed by atoms with van der Waals surface area (Å²) < 4.78 is 41.9. The van der Waals surface area contributed by atoms with E-state index in [9.17, 15) is 39.8 Å². The van der Waals surface area contributed by atoms with Gasteiger partial charge in [0.2, 0.25) is 12.0 Å². The summed E-state index contributed by atoms with van der Waals surface area (Å²) in [5.41, 5.74) is -2.77. The van der Waals surface area contributed by atoms with E-state index in [1.54, 1.807) is 55.5 Å². The Hall–Kier alpha value is -3.29. The minimum absolute atomic E-state index is 0.0471. The van der Waals surface area contributed by atoms with Crippen LogP contribution in [0.1, 0.15) is 92.7 Å². The maximum atomic E-state index is 14.2. The number of amides is 1. The number of ether oxygens (including phenoxy) is 5. The highest BCUT2D eigenvalue weighted by atomic mass is 19.3. The average molecular weight is 842 g/mol. The van der Waals surface area contributed by atoms with Crippen LogP contribution in [0.4, 0.5) is 4.53 Å². The highest BCUT2D eigenvalue weighted by molar-refractivity contribution is 5.80. The zero-order valence-corrected chi connectivity index (χ0v) is 36.4. The summed E-state index contributed by atoms with van der Waals surface area (Å²) in [4.78, 5) is 37.3. The third-order valence-electron chi connectivity index (χ3n) is 10.1. The molecule has 0 fully saturated rings. The summed E-state index contributed by atoms with van der Waals surface area (Å²) in [6.07, 6.45) is -8.84. The molecule has 0 bridgehead atoms. The third kappa shape index (κ3) is 16.9. The van der Waals surface area contributed by atoms with Gasteiger partial charge in [0.25, 0.3) is 0 Å². The average Bonchev–Trinajstić information content (AvgIpc) is 3.17. The van der Waals surface area contributed by atoms with Gasteiger partial charge in [0.05, 0.1) is 53.7 Å². The van der Waals surface area contributed by atoms with Crippen molar-refractivity contribution in [3.8, 4) is 5.75 Å². The lowest BCUT2D eigenvalue weighted by atomic mass is 9.81. The van der Waals surface area contributed by atoms with Crippen molar-refractivity contribution in [3.63, 3.8) is 0 Å². The van der Waals surface area contributed by atoms with Crippen LogP contribution in [0.5, 0.6) is 5.75 Å². The van der Waals surface area contributed by atoms with Gasteiger partial charge in [-0.15, -0.1) is 0 Å². The summed E-state index contributed by atoms with van der Waals surface area (Å²) in [5.74, 6) is -3.00. The Morgan fingerprint density at radius 3 is 1.95 bits per heavy atom. The van der Waals surface area contributed by atoms with Gasteiger partial charge in [-0.3, -0.25) is 15.0 Å². The van der Waals surface area contributed by atoms with Gasteiger partial charge in [0.15, 0.2) is 5.75 Å². The number of aliphatic hydroxyl groups excluding tert-OH is 4. The topological polar surface area (TPSA) is 203 Å². The van der Waals surface area contributed by atoms with Gasteiger partial charge in [-0.25, -0.2) is 9.68 Å². The number of halogens is 1. The molecule has 2 aromatic carbocycles. The number of rotatable bonds is 26. The Balaban J connectivity index is 2.36. The summed E-state index contributed by atoms with van der Waals surface area (Å²) in [6, 6.07) is 14.8. The molecule has 5 N–H and O–H groups in total. The van der Waals surface area contributed by atoms with Crippen LogP contribution in [0.15, 0.2) is 54.6 Å². The number of carbonyl (C=O) groups is 2. The lowest BCUT2D eigenvalue weighted by Gasteiger charge is -2.42. The molecule has 2 aromatic rings. The van der Waals surface area contributed by atoms with Crippen LogP contribution in [-0.4, -0.2) is 129 Å². The van der Waals surface area contributed by atoms with E-state index in [1.165, 1.54) is 36.3 Å². The second-order valence-electron chi connectivity index (χ2n) is 17.6. The Morgan fingerprint density at radius 2 is 1.42 bits per heavy atom. The minimum Gasteiger partial charge on any atom is -0.459 e. The molecule has 0 aliphatic rings. The number of nitrogens with zero attached hydrogens (tertiary/aromatic N) is 1. The molecule has 0 saturated carbocycles. The first-order chi connectivity index (χ1) is 27.4. The van der Waals surface area contributed by atoms with Gasteiger partial charge in [-0.05, 0) is 105 Å². The number of methoxy groups -OCH3 is 1. The van der Waals surface area contributed by atoms with Crippen LogP contribution in [0, 0.1) is 5.92 Å². The van der Waals surface area contributed by atoms with Crippen molar-refractivity contribution in [3.05, 3.63) is 65.7 Å². The maximum Gasteiger partial charge on any atom is 0.341 e. The van der Waals surface area contributed by atoms with E-state index >= 15 is 0 Å². The van der Waals surface area contributed by atoms with Crippen LogP contribution in [-0.2, 0) is 51.3 Å². The third-order valence-corrected chi connectivity index (χ3v) is 10.1. The van der Waals surface area contributed by atoms with E-state index in [2.05, 4.69) is 9.83 Å². The Morgan fingerprint density at radius 1 is 0.814 bits per heavy atom. The van der Waals surface area contributed by atoms with Gasteiger partial charge < -0.3 is 49.0 Å². The highest BCUT2D eigenvalue weighted by Gasteiger charge is 2.48. The van der Waals surface area contributed by atoms with Crippen LogP contribution < -0.4 is 4.94 Å². The summed E-state index contributed by atoms with van der Waals surface area (Å²) in [6.45, 7) is 14.6. The Kier molecular flexibility index (Phi) is 20.3. The molecule has 7 atom stereocenters. The molecule has 59 heavy (non-hydrogen) atoms. The first-order valence-electron chi connectivity index (χ1n) is 19.7. The number of esters is 1. The molecule has 0 heterocycles. The molecular weight excluding hydrogens is 773 g/mol. The quantitative estimate of drug-likeness (QED) is 0.0484. The van der Waals surface area contributed by atoms with Crippen molar-refractivity contribution in [2.45, 2.75) is 154 Å². The van der Waals surface area contributed by atoms with Crippen LogP contribution in [0.25, 0.3) is 0 Å². The summed E-state index contributed by atoms with van der Waals surface area (Å²) >= 11 is 0. The fraction of sp³-hybridized carbons (Fsp3) is 0.674. The van der Waals surface area contributed by atoms with Crippen molar-refractivity contribution in [1.82, 2.24) is 4.90 Å². The van der Waals surface area contributed by atoms with E-state index < -0.39 is 83.4 Å². The van der Waals surface area contributed by atoms with Crippen LogP contribution in [0.3, 0.4) is 0 Å². The van der Waals surface area contributed by atoms with Crippen molar-refractivity contribution in [2.75, 3.05) is 27.4 Å². The monoisotopic (exact) mass is 841 g/mol. The Bertz CT molecular complexity index is 1540. The molecule has 336 valence electrons. The normalized spacial score (nSPS) is 16.4. The molecule has 1 amide bonds. The molecule has 0 saturated heterocycles. The lowest BCUT2D eigenvalue weighted by molar-refractivity contribution is -0.313. The molecule has 0 aliphatic heterocycles. The number of benzene rings is 2. The summed E-state index contributed by atoms with van der Waals surface area (Å²) in [7, 11) is 3.10. The molecule has 0 aliphatic carbocycles. The molecule has 15 nitrogen and oxygen atoms in total. The van der Waals surface area contributed by atoms with Crippen molar-refractivity contribution < 1.29 is 73.3 Å². The van der Waals surface area contributed by atoms with E-state index in [-0.39, 0.29) is 38.3 Å². The SMILES string of the molecule is COC(C)(C)CCC(O)[C@H](OC(C)(C)CCOC(C)(C)C(C(=O)N(C)Cc1ccccc1)C(O)C(O)[C@@H](CO)OC(C)(C)C)C(OO)C(=O)OCc1ccc(OF)cc1. The summed E-state index contributed by atoms with van der Waals surface area (Å²) in [5, 5.41) is 54.6. The maximum absolute atomic E-state index is 14.2. The van der Waals surface area contributed by atoms with E-state index in [1.807, 2.05) is 44.2 Å². The van der Waals surface area contributed by atoms with E-state index in [0.29, 0.717) is 12.0 Å². The molecule has 16 heteroatoms. The van der Waals surface area contributed by atoms with Gasteiger partial charge in [0.1, 0.15) is 24.9 Å². The Labute approximate surface area is 348 Å². The molecule has 0 aromatic heterocycles. The standard InChI is InChI=1S/C43H68FNO14/c1-40(2,3)56-32(26-46)34(48)35(49)33(38(50)45(10)25-28-15-13-12-14-16-28)43(8,9)55-24-23-42(6,7)57-36(31(47)21-22-41(4,5)53-11)37(59-52)39(51)54-27-29-17-19-30(58-44)20-18-29/h12-20,31-37,46-49,52H,21-27H2,1-11H3/t31?,32-,33?,34?,35?,36+,37?/m1/s1. The van der Waals surface area contributed by atoms with Crippen LogP contribution in [0.2, 0.25) is 0 Å². The molecular formula is C43H68FNO14. The van der Waals surface area contributed by atoms with Crippen molar-refractivity contribution in [2.24, 2.45) is 5.92 Å². The first kappa shape index (κ1) is 51.8. The largest absolute Gasteiger partial charge is 0.459 e. The second kappa shape index (κ2) is 23.1. The molecule has 0 spiro atoms. The molecule has 5 unspecified atom stereocenters. The zero-order chi connectivity index (χ0) is 44.8. The van der Waals surface area contributed by atoms with Crippen LogP contribution >= 0.6 is 0 Å². The first-order valence-corrected chi connectivity index (χ1v) is 19.7. The minimum atomic E-state index is -1.81. The van der Waals surface area contributed by atoms with Crippen molar-refractivity contribution in [1.29, 1.82) is 0 Å². The number of hydrogen-bond donors (Lipinski definition) is 5. The highest BCUT2D eigenvalue weighted by Crippen LogP contribution is 2.33. The molecule has 0 radical (unpaired) electrons. The second-order valence-corrected chi connectivity index (χ2v) is 17.6. The van der Waals surface area contributed by atoms with Gasteiger partial charge in [-0.1, -0.05) is 42.5 Å². The fourth-order valence-corrected chi connectivity index (χ4v) is 6.41. The van der Waals surface area contributed by atoms with E-state index in [4.69, 9.17) is 23.7 Å². The van der Waals surface area contributed by atoms with Crippen molar-refractivity contribution >= 4 is 11.9 Å². The zero-order valence-electron chi connectivity index (χ0n) is 36.4. The lowest BCUT2D eigenvalue weighted by Crippen LogP contribution is -2.57. The number of hydrogen-bond acceptors (Lipinski definition) is 14. The number of aliphatic hydroxyl groups is 4.